The Kier molecular flexibility index (Phi) is 13.3. The molecule has 110 valence electrons. The van der Waals surface area contributed by atoms with Crippen LogP contribution in [0.5, 0.6) is 0 Å². The van der Waals surface area contributed by atoms with Gasteiger partial charge in [-0.15, -0.1) is 0 Å². The number of hydrogen-bond acceptors (Lipinski definition) is 2. The topological polar surface area (TPSA) is 40.5 Å². The molecule has 0 unspecified atom stereocenters. The molecular weight excluding hydrogens is 224 g/mol. The van der Waals surface area contributed by atoms with E-state index in [4.69, 9.17) is 0 Å². The van der Waals surface area contributed by atoms with Crippen LogP contribution in [0.25, 0.3) is 0 Å². The molecule has 0 amide bonds. The van der Waals surface area contributed by atoms with Gasteiger partial charge in [-0.3, -0.25) is 0 Å². The number of rotatable bonds is 13. The van der Waals surface area contributed by atoms with E-state index in [1.54, 1.807) is 0 Å². The average Bonchev–Trinajstić information content (AvgIpc) is 2.40. The zero-order chi connectivity index (χ0) is 13.6. The lowest BCUT2D eigenvalue weighted by Gasteiger charge is -2.24. The first-order valence-electron chi connectivity index (χ1n) is 8.01. The molecular formula is C16H34O2. The van der Waals surface area contributed by atoms with E-state index in [1.165, 1.54) is 64.2 Å². The van der Waals surface area contributed by atoms with Crippen molar-refractivity contribution in [3.63, 3.8) is 0 Å². The molecule has 0 spiro atoms. The molecule has 0 aromatic rings. The van der Waals surface area contributed by atoms with Crippen molar-refractivity contribution < 1.29 is 10.2 Å². The summed E-state index contributed by atoms with van der Waals surface area (Å²) in [5.74, 6) is 0.627. The summed E-state index contributed by atoms with van der Waals surface area (Å²) in [5, 5.41) is 18.7. The minimum atomic E-state index is 0.105. The van der Waals surface area contributed by atoms with Crippen molar-refractivity contribution in [2.45, 2.75) is 78.1 Å². The normalized spacial score (nSPS) is 11.7. The summed E-state index contributed by atoms with van der Waals surface area (Å²) in [5.41, 5.74) is 0. The Balaban J connectivity index is 3.91. The lowest BCUT2D eigenvalue weighted by atomic mass is 9.84. The molecule has 0 aliphatic rings. The van der Waals surface area contributed by atoms with Crippen molar-refractivity contribution in [1.29, 1.82) is 0 Å². The van der Waals surface area contributed by atoms with Crippen LogP contribution in [0.3, 0.4) is 0 Å². The largest absolute Gasteiger partial charge is 0.396 e. The van der Waals surface area contributed by atoms with Crippen LogP contribution >= 0.6 is 0 Å². The molecule has 0 bridgehead atoms. The number of hydrogen-bond donors (Lipinski definition) is 2. The maximum Gasteiger partial charge on any atom is 0.0483 e. The fourth-order valence-electron chi connectivity index (χ4n) is 2.64. The standard InChI is InChI=1S/C16H34O2/c1-3-5-7-9-11-15(16(13-17)14-18)12-10-8-6-4-2/h15-18H,3-14H2,1-2H3. The maximum atomic E-state index is 9.34. The van der Waals surface area contributed by atoms with Crippen LogP contribution in [0.1, 0.15) is 78.1 Å². The van der Waals surface area contributed by atoms with Gasteiger partial charge in [-0.05, 0) is 5.92 Å². The number of aliphatic hydroxyl groups is 2. The third-order valence-corrected chi connectivity index (χ3v) is 3.99. The van der Waals surface area contributed by atoms with Crippen molar-refractivity contribution in [2.75, 3.05) is 13.2 Å². The molecule has 0 saturated carbocycles. The van der Waals surface area contributed by atoms with Gasteiger partial charge in [-0.25, -0.2) is 0 Å². The van der Waals surface area contributed by atoms with Gasteiger partial charge in [0.2, 0.25) is 0 Å². The van der Waals surface area contributed by atoms with E-state index in [-0.39, 0.29) is 19.1 Å². The Labute approximate surface area is 114 Å². The highest BCUT2D eigenvalue weighted by atomic mass is 16.3. The Bertz CT molecular complexity index is 143. The van der Waals surface area contributed by atoms with Crippen molar-refractivity contribution in [3.05, 3.63) is 0 Å². The first kappa shape index (κ1) is 17.9. The van der Waals surface area contributed by atoms with Gasteiger partial charge in [0.15, 0.2) is 0 Å². The first-order valence-corrected chi connectivity index (χ1v) is 8.01. The van der Waals surface area contributed by atoms with E-state index in [2.05, 4.69) is 13.8 Å². The monoisotopic (exact) mass is 258 g/mol. The third kappa shape index (κ3) is 8.93. The molecule has 2 heteroatoms. The number of unbranched alkanes of at least 4 members (excludes halogenated alkanes) is 6. The molecule has 0 aliphatic heterocycles. The lowest BCUT2D eigenvalue weighted by Crippen LogP contribution is -2.22. The SMILES string of the molecule is CCCCCCC(CCCCCC)C(CO)CO. The summed E-state index contributed by atoms with van der Waals surface area (Å²) in [6, 6.07) is 0. The molecule has 0 fully saturated rings. The molecule has 0 heterocycles. The van der Waals surface area contributed by atoms with Gasteiger partial charge in [-0.1, -0.05) is 78.1 Å². The minimum absolute atomic E-state index is 0.105. The molecule has 0 aliphatic carbocycles. The molecule has 2 nitrogen and oxygen atoms in total. The van der Waals surface area contributed by atoms with E-state index in [0.717, 1.165) is 0 Å². The average molecular weight is 258 g/mol. The minimum Gasteiger partial charge on any atom is -0.396 e. The van der Waals surface area contributed by atoms with Gasteiger partial charge in [0.05, 0.1) is 0 Å². The summed E-state index contributed by atoms with van der Waals surface area (Å²) in [7, 11) is 0. The predicted molar refractivity (Wildman–Crippen MR) is 78.7 cm³/mol. The molecule has 0 atom stereocenters. The second-order valence-electron chi connectivity index (χ2n) is 5.58. The zero-order valence-electron chi connectivity index (χ0n) is 12.5. The van der Waals surface area contributed by atoms with Crippen molar-refractivity contribution >= 4 is 0 Å². The van der Waals surface area contributed by atoms with Crippen LogP contribution in [0, 0.1) is 11.8 Å². The van der Waals surface area contributed by atoms with Crippen LogP contribution in [0.4, 0.5) is 0 Å². The molecule has 0 saturated heterocycles. The second kappa shape index (κ2) is 13.4. The highest BCUT2D eigenvalue weighted by Crippen LogP contribution is 2.25. The van der Waals surface area contributed by atoms with Crippen LogP contribution in [0.2, 0.25) is 0 Å². The summed E-state index contributed by atoms with van der Waals surface area (Å²) in [6.45, 7) is 4.74. The Morgan fingerprint density at radius 2 is 1.06 bits per heavy atom. The van der Waals surface area contributed by atoms with E-state index in [9.17, 15) is 10.2 Å². The van der Waals surface area contributed by atoms with Gasteiger partial charge in [-0.2, -0.15) is 0 Å². The summed E-state index contributed by atoms with van der Waals surface area (Å²) < 4.78 is 0. The van der Waals surface area contributed by atoms with Crippen molar-refractivity contribution in [2.24, 2.45) is 11.8 Å². The lowest BCUT2D eigenvalue weighted by molar-refractivity contribution is 0.0954. The summed E-state index contributed by atoms with van der Waals surface area (Å²) in [4.78, 5) is 0. The van der Waals surface area contributed by atoms with E-state index in [1.807, 2.05) is 0 Å². The molecule has 0 rings (SSSR count). The molecule has 18 heavy (non-hydrogen) atoms. The van der Waals surface area contributed by atoms with Gasteiger partial charge < -0.3 is 10.2 Å². The van der Waals surface area contributed by atoms with Crippen LogP contribution in [0.15, 0.2) is 0 Å². The van der Waals surface area contributed by atoms with E-state index in [0.29, 0.717) is 5.92 Å². The van der Waals surface area contributed by atoms with Crippen LogP contribution in [-0.2, 0) is 0 Å². The highest BCUT2D eigenvalue weighted by molar-refractivity contribution is 4.69. The molecule has 2 N–H and O–H groups in total. The fourth-order valence-corrected chi connectivity index (χ4v) is 2.64. The van der Waals surface area contributed by atoms with Gasteiger partial charge in [0.25, 0.3) is 0 Å². The summed E-state index contributed by atoms with van der Waals surface area (Å²) >= 11 is 0. The Hall–Kier alpha value is -0.0800. The Morgan fingerprint density at radius 3 is 1.39 bits per heavy atom. The third-order valence-electron chi connectivity index (χ3n) is 3.99. The quantitative estimate of drug-likeness (QED) is 0.487. The van der Waals surface area contributed by atoms with E-state index < -0.39 is 0 Å². The zero-order valence-corrected chi connectivity index (χ0v) is 12.5. The van der Waals surface area contributed by atoms with Crippen LogP contribution in [-0.4, -0.2) is 23.4 Å². The maximum absolute atomic E-state index is 9.34. The molecule has 0 aromatic heterocycles. The fraction of sp³-hybridized carbons (Fsp3) is 1.00. The first-order chi connectivity index (χ1) is 8.79. The molecule has 0 radical (unpaired) electrons. The van der Waals surface area contributed by atoms with Crippen LogP contribution < -0.4 is 0 Å². The van der Waals surface area contributed by atoms with Crippen molar-refractivity contribution in [1.82, 2.24) is 0 Å². The molecule has 0 aromatic carbocycles. The smallest absolute Gasteiger partial charge is 0.0483 e. The van der Waals surface area contributed by atoms with Gasteiger partial charge in [0, 0.05) is 19.1 Å². The number of aliphatic hydroxyl groups excluding tert-OH is 2. The predicted octanol–water partition coefficient (Wildman–Crippen LogP) is 4.14. The van der Waals surface area contributed by atoms with Gasteiger partial charge in [0.1, 0.15) is 0 Å². The van der Waals surface area contributed by atoms with Gasteiger partial charge >= 0.3 is 0 Å². The highest BCUT2D eigenvalue weighted by Gasteiger charge is 2.19. The summed E-state index contributed by atoms with van der Waals surface area (Å²) in [6.07, 6.45) is 12.6. The Morgan fingerprint density at radius 1 is 0.611 bits per heavy atom. The second-order valence-corrected chi connectivity index (χ2v) is 5.58. The van der Waals surface area contributed by atoms with E-state index >= 15 is 0 Å². The van der Waals surface area contributed by atoms with Crippen molar-refractivity contribution in [3.8, 4) is 0 Å².